The molecule has 1 aliphatic heterocycles. The third-order valence-corrected chi connectivity index (χ3v) is 5.54. The van der Waals surface area contributed by atoms with Crippen LogP contribution in [0.4, 0.5) is 0 Å². The minimum absolute atomic E-state index is 0.0228. The van der Waals surface area contributed by atoms with E-state index >= 15 is 0 Å². The fourth-order valence-electron chi connectivity index (χ4n) is 2.42. The fourth-order valence-corrected chi connectivity index (χ4v) is 3.55. The van der Waals surface area contributed by atoms with Crippen molar-refractivity contribution in [3.05, 3.63) is 29.3 Å². The molecule has 7 heteroatoms. The molecule has 1 fully saturated rings. The van der Waals surface area contributed by atoms with Gasteiger partial charge in [0.2, 0.25) is 0 Å². The first-order valence-corrected chi connectivity index (χ1v) is 9.65. The van der Waals surface area contributed by atoms with Crippen LogP contribution in [0.1, 0.15) is 37.3 Å². The van der Waals surface area contributed by atoms with Gasteiger partial charge in [0.15, 0.2) is 0 Å². The highest BCUT2D eigenvalue weighted by Crippen LogP contribution is 2.16. The number of sulfonamides is 1. The third-order valence-electron chi connectivity index (χ3n) is 4.20. The number of aryl methyl sites for hydroxylation is 2. The molecule has 1 aromatic rings. The van der Waals surface area contributed by atoms with Crippen molar-refractivity contribution in [3.8, 4) is 0 Å². The summed E-state index contributed by atoms with van der Waals surface area (Å²) in [5, 5.41) is 0. The molecule has 1 aliphatic rings. The Balaban J connectivity index is 1.92. The second-order valence-corrected chi connectivity index (χ2v) is 7.86. The average Bonchev–Trinajstić information content (AvgIpc) is 2.55. The zero-order valence-electron chi connectivity index (χ0n) is 14.4. The number of benzene rings is 1. The van der Waals surface area contributed by atoms with Crippen molar-refractivity contribution in [1.29, 1.82) is 0 Å². The van der Waals surface area contributed by atoms with E-state index in [4.69, 9.17) is 9.47 Å². The summed E-state index contributed by atoms with van der Waals surface area (Å²) >= 11 is 0. The van der Waals surface area contributed by atoms with Crippen LogP contribution in [0.25, 0.3) is 0 Å². The first-order valence-electron chi connectivity index (χ1n) is 8.17. The van der Waals surface area contributed by atoms with Crippen LogP contribution in [-0.4, -0.2) is 39.7 Å². The van der Waals surface area contributed by atoms with Crippen molar-refractivity contribution in [2.24, 2.45) is 0 Å². The minimum Gasteiger partial charge on any atom is -0.376 e. The smallest absolute Gasteiger partial charge is 0.264 e. The second kappa shape index (κ2) is 8.09. The summed E-state index contributed by atoms with van der Waals surface area (Å²) in [6.45, 7) is 6.25. The van der Waals surface area contributed by atoms with Crippen molar-refractivity contribution in [2.45, 2.75) is 57.1 Å². The van der Waals surface area contributed by atoms with Gasteiger partial charge in [-0.15, -0.1) is 0 Å². The van der Waals surface area contributed by atoms with Crippen molar-refractivity contribution >= 4 is 15.9 Å². The monoisotopic (exact) mass is 355 g/mol. The first kappa shape index (κ1) is 18.9. The van der Waals surface area contributed by atoms with Crippen molar-refractivity contribution < 1.29 is 22.7 Å². The summed E-state index contributed by atoms with van der Waals surface area (Å²) in [4.78, 5) is 12.2. The maximum Gasteiger partial charge on any atom is 0.264 e. The Labute approximate surface area is 143 Å². The van der Waals surface area contributed by atoms with E-state index in [-0.39, 0.29) is 17.6 Å². The average molecular weight is 355 g/mol. The van der Waals surface area contributed by atoms with E-state index in [1.54, 1.807) is 12.1 Å². The topological polar surface area (TPSA) is 81.7 Å². The summed E-state index contributed by atoms with van der Waals surface area (Å²) in [5.74, 6) is -0.677. The molecule has 134 valence electrons. The van der Waals surface area contributed by atoms with E-state index in [1.165, 1.54) is 13.0 Å². The number of rotatable bonds is 6. The van der Waals surface area contributed by atoms with Crippen LogP contribution >= 0.6 is 0 Å². The first-order chi connectivity index (χ1) is 11.3. The Morgan fingerprint density at radius 2 is 2.08 bits per heavy atom. The maximum atomic E-state index is 12.3. The summed E-state index contributed by atoms with van der Waals surface area (Å²) in [7, 11) is -3.90. The molecule has 0 saturated carbocycles. The Kier molecular flexibility index (Phi) is 6.37. The Morgan fingerprint density at radius 1 is 1.33 bits per heavy atom. The van der Waals surface area contributed by atoms with Gasteiger partial charge in [-0.05, 0) is 63.3 Å². The summed E-state index contributed by atoms with van der Waals surface area (Å²) in [6, 6.07) is 4.75. The highest BCUT2D eigenvalue weighted by Gasteiger charge is 2.24. The normalized spacial score (nSPS) is 19.7. The van der Waals surface area contributed by atoms with Crippen LogP contribution in [0.5, 0.6) is 0 Å². The molecule has 1 N–H and O–H groups in total. The molecule has 6 nitrogen and oxygen atoms in total. The van der Waals surface area contributed by atoms with E-state index < -0.39 is 22.0 Å². The highest BCUT2D eigenvalue weighted by atomic mass is 32.2. The molecule has 0 bridgehead atoms. The van der Waals surface area contributed by atoms with Gasteiger partial charge < -0.3 is 9.47 Å². The van der Waals surface area contributed by atoms with Gasteiger partial charge in [0.1, 0.15) is 6.10 Å². The van der Waals surface area contributed by atoms with E-state index in [1.807, 2.05) is 13.8 Å². The number of ether oxygens (including phenoxy) is 2. The fraction of sp³-hybridized carbons (Fsp3) is 0.588. The van der Waals surface area contributed by atoms with Crippen LogP contribution in [0.3, 0.4) is 0 Å². The van der Waals surface area contributed by atoms with Crippen molar-refractivity contribution in [2.75, 3.05) is 13.2 Å². The maximum absolute atomic E-state index is 12.3. The molecule has 1 aromatic carbocycles. The molecule has 0 spiro atoms. The van der Waals surface area contributed by atoms with Crippen LogP contribution in [-0.2, 0) is 24.3 Å². The van der Waals surface area contributed by atoms with Crippen molar-refractivity contribution in [1.82, 2.24) is 4.72 Å². The van der Waals surface area contributed by atoms with Gasteiger partial charge in [-0.2, -0.15) is 0 Å². The van der Waals surface area contributed by atoms with Crippen LogP contribution in [0, 0.1) is 13.8 Å². The SMILES string of the molecule is Cc1ccc(S(=O)(=O)NC(=O)[C@@H](C)OC[C@H]2CCCCO2)cc1C. The lowest BCUT2D eigenvalue weighted by atomic mass is 10.1. The largest absolute Gasteiger partial charge is 0.376 e. The highest BCUT2D eigenvalue weighted by molar-refractivity contribution is 7.90. The zero-order chi connectivity index (χ0) is 17.7. The molecule has 0 aliphatic carbocycles. The van der Waals surface area contributed by atoms with Gasteiger partial charge in [-0.25, -0.2) is 13.1 Å². The van der Waals surface area contributed by atoms with E-state index in [0.29, 0.717) is 6.61 Å². The number of hydrogen-bond donors (Lipinski definition) is 1. The quantitative estimate of drug-likeness (QED) is 0.845. The van der Waals surface area contributed by atoms with Gasteiger partial charge in [0, 0.05) is 6.61 Å². The standard InChI is InChI=1S/C17H25NO5S/c1-12-7-8-16(10-13(12)2)24(20,21)18-17(19)14(3)23-11-15-6-4-5-9-22-15/h7-8,10,14-15H,4-6,9,11H2,1-3H3,(H,18,19)/t14-,15-/m1/s1. The summed E-state index contributed by atoms with van der Waals surface area (Å²) < 4.78 is 37.7. The van der Waals surface area contributed by atoms with Crippen LogP contribution in [0.15, 0.2) is 23.1 Å². The van der Waals surface area contributed by atoms with Gasteiger partial charge >= 0.3 is 0 Å². The summed E-state index contributed by atoms with van der Waals surface area (Å²) in [6.07, 6.45) is 2.13. The molecule has 1 amide bonds. The lowest BCUT2D eigenvalue weighted by molar-refractivity contribution is -0.133. The van der Waals surface area contributed by atoms with Gasteiger partial charge in [0.25, 0.3) is 15.9 Å². The predicted molar refractivity (Wildman–Crippen MR) is 90.2 cm³/mol. The van der Waals surface area contributed by atoms with E-state index in [0.717, 1.165) is 30.4 Å². The minimum atomic E-state index is -3.90. The zero-order valence-corrected chi connectivity index (χ0v) is 15.2. The molecule has 1 saturated heterocycles. The molecular formula is C17H25NO5S. The Hall–Kier alpha value is -1.44. The lowest BCUT2D eigenvalue weighted by Gasteiger charge is -2.23. The molecule has 1 heterocycles. The third kappa shape index (κ3) is 5.03. The molecule has 2 rings (SSSR count). The number of nitrogens with one attached hydrogen (secondary N) is 1. The number of amides is 1. The van der Waals surface area contributed by atoms with Gasteiger partial charge in [-0.3, -0.25) is 4.79 Å². The molecule has 24 heavy (non-hydrogen) atoms. The van der Waals surface area contributed by atoms with Gasteiger partial charge in [-0.1, -0.05) is 6.07 Å². The van der Waals surface area contributed by atoms with Crippen LogP contribution < -0.4 is 4.72 Å². The molecule has 0 radical (unpaired) electrons. The molecule has 0 aromatic heterocycles. The Morgan fingerprint density at radius 3 is 2.71 bits per heavy atom. The summed E-state index contributed by atoms with van der Waals surface area (Å²) in [5.41, 5.74) is 1.84. The van der Waals surface area contributed by atoms with E-state index in [9.17, 15) is 13.2 Å². The van der Waals surface area contributed by atoms with Crippen molar-refractivity contribution in [3.63, 3.8) is 0 Å². The Bertz CT molecular complexity index is 680. The lowest BCUT2D eigenvalue weighted by Crippen LogP contribution is -2.40. The molecular weight excluding hydrogens is 330 g/mol. The predicted octanol–water partition coefficient (Wildman–Crippen LogP) is 2.08. The molecule has 2 atom stereocenters. The van der Waals surface area contributed by atoms with Crippen LogP contribution in [0.2, 0.25) is 0 Å². The number of hydrogen-bond acceptors (Lipinski definition) is 5. The number of carbonyl (C=O) groups is 1. The second-order valence-electron chi connectivity index (χ2n) is 6.18. The van der Waals surface area contributed by atoms with Gasteiger partial charge in [0.05, 0.1) is 17.6 Å². The number of carbonyl (C=O) groups excluding carboxylic acids is 1. The van der Waals surface area contributed by atoms with E-state index in [2.05, 4.69) is 4.72 Å². The molecule has 0 unspecified atom stereocenters.